The summed E-state index contributed by atoms with van der Waals surface area (Å²) in [5, 5.41) is 11.0. The molecule has 1 aromatic heterocycles. The van der Waals surface area contributed by atoms with Gasteiger partial charge in [0.15, 0.2) is 0 Å². The number of ether oxygens (including phenoxy) is 1. The Morgan fingerprint density at radius 1 is 1.17 bits per heavy atom. The molecule has 1 unspecified atom stereocenters. The fraction of sp³-hybridized carbons (Fsp3) is 0.250. The van der Waals surface area contributed by atoms with Crippen molar-refractivity contribution >= 4 is 22.8 Å². The zero-order valence-electron chi connectivity index (χ0n) is 15.7. The molecule has 2 aromatic carbocycles. The third-order valence-corrected chi connectivity index (χ3v) is 4.39. The Kier molecular flexibility index (Phi) is 6.28. The molecule has 150 valence electrons. The number of esters is 1. The second-order valence-electron chi connectivity index (χ2n) is 6.34. The molecule has 8 nitrogen and oxygen atoms in total. The number of aryl methyl sites for hydroxylation is 1. The molecule has 3 rings (SSSR count). The zero-order valence-corrected chi connectivity index (χ0v) is 15.7. The van der Waals surface area contributed by atoms with Crippen molar-refractivity contribution in [1.82, 2.24) is 20.3 Å². The first kappa shape index (κ1) is 20.1. The number of methoxy groups -OCH3 is 1. The first-order valence-electron chi connectivity index (χ1n) is 8.92. The third kappa shape index (κ3) is 5.01. The van der Waals surface area contributed by atoms with Gasteiger partial charge < -0.3 is 10.1 Å². The molecule has 0 saturated heterocycles. The second kappa shape index (κ2) is 9.05. The highest BCUT2D eigenvalue weighted by molar-refractivity contribution is 5.78. The highest BCUT2D eigenvalue weighted by atomic mass is 19.1. The summed E-state index contributed by atoms with van der Waals surface area (Å²) in [6.07, 6.45) is -0.157. The summed E-state index contributed by atoms with van der Waals surface area (Å²) in [6.45, 7) is 0.0247. The van der Waals surface area contributed by atoms with E-state index in [1.54, 1.807) is 24.3 Å². The van der Waals surface area contributed by atoms with Gasteiger partial charge in [-0.25, -0.2) is 9.07 Å². The van der Waals surface area contributed by atoms with Gasteiger partial charge in [-0.1, -0.05) is 29.5 Å². The Bertz CT molecular complexity index is 1080. The molecule has 0 aliphatic carbocycles. The Morgan fingerprint density at radius 3 is 2.62 bits per heavy atom. The topological polar surface area (TPSA) is 103 Å². The maximum atomic E-state index is 13.2. The maximum Gasteiger partial charge on any atom is 0.307 e. The van der Waals surface area contributed by atoms with Crippen LogP contribution in [0.25, 0.3) is 10.9 Å². The zero-order chi connectivity index (χ0) is 20.8. The smallest absolute Gasteiger partial charge is 0.307 e. The third-order valence-electron chi connectivity index (χ3n) is 4.39. The lowest BCUT2D eigenvalue weighted by Gasteiger charge is -2.18. The summed E-state index contributed by atoms with van der Waals surface area (Å²) >= 11 is 0. The number of rotatable bonds is 7. The van der Waals surface area contributed by atoms with E-state index in [-0.39, 0.29) is 24.9 Å². The first-order valence-corrected chi connectivity index (χ1v) is 8.92. The van der Waals surface area contributed by atoms with E-state index < -0.39 is 23.7 Å². The number of aromatic nitrogens is 3. The molecule has 0 fully saturated rings. The van der Waals surface area contributed by atoms with Crippen LogP contribution in [-0.2, 0) is 20.9 Å². The largest absolute Gasteiger partial charge is 0.469 e. The minimum atomic E-state index is -0.685. The molecule has 1 heterocycles. The summed E-state index contributed by atoms with van der Waals surface area (Å²) in [6, 6.07) is 11.6. The Balaban J connectivity index is 1.70. The van der Waals surface area contributed by atoms with Crippen LogP contribution < -0.4 is 10.9 Å². The van der Waals surface area contributed by atoms with Gasteiger partial charge >= 0.3 is 5.97 Å². The van der Waals surface area contributed by atoms with Crippen molar-refractivity contribution in [3.8, 4) is 0 Å². The van der Waals surface area contributed by atoms with Gasteiger partial charge in [-0.05, 0) is 29.8 Å². The second-order valence-corrected chi connectivity index (χ2v) is 6.34. The van der Waals surface area contributed by atoms with Crippen LogP contribution in [0.1, 0.15) is 24.4 Å². The molecule has 3 aromatic rings. The lowest BCUT2D eigenvalue weighted by molar-refractivity contribution is -0.141. The highest BCUT2D eigenvalue weighted by Gasteiger charge is 2.19. The van der Waals surface area contributed by atoms with Crippen LogP contribution in [0.4, 0.5) is 4.39 Å². The summed E-state index contributed by atoms with van der Waals surface area (Å²) in [5.74, 6) is -1.34. The first-order chi connectivity index (χ1) is 14.0. The minimum Gasteiger partial charge on any atom is -0.469 e. The van der Waals surface area contributed by atoms with Gasteiger partial charge in [0.1, 0.15) is 11.3 Å². The molecule has 1 atom stereocenters. The fourth-order valence-electron chi connectivity index (χ4n) is 2.84. The number of benzene rings is 2. The molecule has 1 N–H and O–H groups in total. The van der Waals surface area contributed by atoms with Crippen molar-refractivity contribution in [3.05, 3.63) is 70.3 Å². The van der Waals surface area contributed by atoms with Crippen molar-refractivity contribution in [2.24, 2.45) is 0 Å². The van der Waals surface area contributed by atoms with E-state index in [1.165, 1.54) is 31.4 Å². The standard InChI is InChI=1S/C20H19FN4O4/c1-29-19(27)12-17(13-6-8-14(21)9-7-13)22-18(26)10-11-25-20(28)15-4-2-3-5-16(15)23-24-25/h2-9,17H,10-12H2,1H3,(H,22,26). The summed E-state index contributed by atoms with van der Waals surface area (Å²) < 4.78 is 19.0. The SMILES string of the molecule is COC(=O)CC(NC(=O)CCn1nnc2ccccc2c1=O)c1ccc(F)cc1. The Labute approximate surface area is 165 Å². The molecule has 0 aliphatic rings. The molecule has 0 bridgehead atoms. The van der Waals surface area contributed by atoms with Gasteiger partial charge in [-0.3, -0.25) is 14.4 Å². The molecule has 0 aliphatic heterocycles. The fourth-order valence-corrected chi connectivity index (χ4v) is 2.84. The monoisotopic (exact) mass is 398 g/mol. The number of nitrogens with one attached hydrogen (secondary N) is 1. The number of carbonyl (C=O) groups is 2. The van der Waals surface area contributed by atoms with Crippen LogP contribution in [0, 0.1) is 5.82 Å². The number of hydrogen-bond acceptors (Lipinski definition) is 6. The number of amides is 1. The summed E-state index contributed by atoms with van der Waals surface area (Å²) in [7, 11) is 1.25. The molecular weight excluding hydrogens is 379 g/mol. The minimum absolute atomic E-state index is 0.0247. The van der Waals surface area contributed by atoms with Crippen LogP contribution >= 0.6 is 0 Å². The van der Waals surface area contributed by atoms with E-state index in [4.69, 9.17) is 0 Å². The van der Waals surface area contributed by atoms with Gasteiger partial charge in [-0.2, -0.15) is 0 Å². The highest BCUT2D eigenvalue weighted by Crippen LogP contribution is 2.18. The van der Waals surface area contributed by atoms with E-state index in [2.05, 4.69) is 20.4 Å². The Hall–Kier alpha value is -3.62. The molecule has 0 spiro atoms. The lowest BCUT2D eigenvalue weighted by Crippen LogP contribution is -2.33. The van der Waals surface area contributed by atoms with Crippen LogP contribution in [0.15, 0.2) is 53.3 Å². The summed E-state index contributed by atoms with van der Waals surface area (Å²) in [4.78, 5) is 36.5. The number of carbonyl (C=O) groups excluding carboxylic acids is 2. The van der Waals surface area contributed by atoms with E-state index in [0.29, 0.717) is 16.5 Å². The molecule has 29 heavy (non-hydrogen) atoms. The average Bonchev–Trinajstić information content (AvgIpc) is 2.73. The van der Waals surface area contributed by atoms with Crippen molar-refractivity contribution in [1.29, 1.82) is 0 Å². The molecule has 0 saturated carbocycles. The molecule has 1 amide bonds. The van der Waals surface area contributed by atoms with E-state index in [9.17, 15) is 18.8 Å². The predicted octanol–water partition coefficient (Wildman–Crippen LogP) is 1.74. The van der Waals surface area contributed by atoms with Crippen molar-refractivity contribution in [2.45, 2.75) is 25.4 Å². The predicted molar refractivity (Wildman–Crippen MR) is 102 cm³/mol. The molecule has 9 heteroatoms. The van der Waals surface area contributed by atoms with Crippen LogP contribution in [0.3, 0.4) is 0 Å². The van der Waals surface area contributed by atoms with E-state index in [0.717, 1.165) is 4.68 Å². The Morgan fingerprint density at radius 2 is 1.90 bits per heavy atom. The van der Waals surface area contributed by atoms with Crippen LogP contribution in [-0.4, -0.2) is 34.0 Å². The number of fused-ring (bicyclic) bond motifs is 1. The van der Waals surface area contributed by atoms with Gasteiger partial charge in [0.25, 0.3) is 5.56 Å². The summed E-state index contributed by atoms with van der Waals surface area (Å²) in [5.41, 5.74) is 0.702. The number of halogens is 1. The van der Waals surface area contributed by atoms with Gasteiger partial charge in [0, 0.05) is 6.42 Å². The van der Waals surface area contributed by atoms with Gasteiger partial charge in [-0.15, -0.1) is 5.10 Å². The lowest BCUT2D eigenvalue weighted by atomic mass is 10.0. The molecule has 0 radical (unpaired) electrons. The maximum absolute atomic E-state index is 13.2. The molecular formula is C20H19FN4O4. The van der Waals surface area contributed by atoms with Gasteiger partial charge in [0.05, 0.1) is 31.5 Å². The van der Waals surface area contributed by atoms with Crippen molar-refractivity contribution in [2.75, 3.05) is 7.11 Å². The van der Waals surface area contributed by atoms with Crippen LogP contribution in [0.2, 0.25) is 0 Å². The quantitative estimate of drug-likeness (QED) is 0.608. The van der Waals surface area contributed by atoms with E-state index in [1.807, 2.05) is 0 Å². The number of nitrogens with zero attached hydrogens (tertiary/aromatic N) is 3. The average molecular weight is 398 g/mol. The number of hydrogen-bond donors (Lipinski definition) is 1. The van der Waals surface area contributed by atoms with Crippen molar-refractivity contribution in [3.63, 3.8) is 0 Å². The van der Waals surface area contributed by atoms with E-state index >= 15 is 0 Å². The normalized spacial score (nSPS) is 11.8. The van der Waals surface area contributed by atoms with Crippen LogP contribution in [0.5, 0.6) is 0 Å². The van der Waals surface area contributed by atoms with Crippen molar-refractivity contribution < 1.29 is 18.7 Å². The van der Waals surface area contributed by atoms with Gasteiger partial charge in [0.2, 0.25) is 5.91 Å².